The van der Waals surface area contributed by atoms with Gasteiger partial charge in [-0.2, -0.15) is 5.26 Å². The molecule has 0 radical (unpaired) electrons. The summed E-state index contributed by atoms with van der Waals surface area (Å²) in [4.78, 5) is 20.1. The molecule has 3 N–H and O–H groups in total. The van der Waals surface area contributed by atoms with E-state index < -0.39 is 17.6 Å². The molecule has 0 spiro atoms. The van der Waals surface area contributed by atoms with Gasteiger partial charge in [0.05, 0.1) is 22.2 Å². The van der Waals surface area contributed by atoms with Crippen LogP contribution in [0.1, 0.15) is 11.3 Å². The molecule has 0 fully saturated rings. The van der Waals surface area contributed by atoms with Crippen molar-refractivity contribution in [3.05, 3.63) is 96.3 Å². The van der Waals surface area contributed by atoms with Gasteiger partial charge in [0, 0.05) is 36.3 Å². The van der Waals surface area contributed by atoms with Crippen LogP contribution in [0.4, 0.5) is 20.3 Å². The number of nitrogens with one attached hydrogen (secondary N) is 1. The van der Waals surface area contributed by atoms with Crippen LogP contribution in [0.25, 0.3) is 33.3 Å². The first-order valence-corrected chi connectivity index (χ1v) is 12.0. The predicted molar refractivity (Wildman–Crippen MR) is 149 cm³/mol. The Morgan fingerprint density at radius 1 is 1.15 bits per heavy atom. The first kappa shape index (κ1) is 26.1. The second-order valence-electron chi connectivity index (χ2n) is 8.98. The molecule has 0 bridgehead atoms. The summed E-state index contributed by atoms with van der Waals surface area (Å²) in [7, 11) is 1.77. The zero-order valence-electron chi connectivity index (χ0n) is 21.5. The molecule has 2 aromatic carbocycles. The number of nitrogens with two attached hydrogens (primary N) is 1. The highest BCUT2D eigenvalue weighted by atomic mass is 19.1. The topological polar surface area (TPSA) is 119 Å². The van der Waals surface area contributed by atoms with Gasteiger partial charge in [0.2, 0.25) is 5.88 Å². The number of nitriles is 1. The summed E-state index contributed by atoms with van der Waals surface area (Å²) in [6.45, 7) is 4.80. The van der Waals surface area contributed by atoms with E-state index in [0.717, 1.165) is 5.69 Å². The van der Waals surface area contributed by atoms with Gasteiger partial charge in [-0.15, -0.1) is 0 Å². The molecule has 0 atom stereocenters. The van der Waals surface area contributed by atoms with Gasteiger partial charge in [0.15, 0.2) is 17.4 Å². The van der Waals surface area contributed by atoms with Crippen LogP contribution in [-0.4, -0.2) is 20.4 Å². The number of benzene rings is 2. The molecule has 198 valence electrons. The first-order valence-electron chi connectivity index (χ1n) is 12.0. The number of nitrogen functional groups attached to an aromatic ring is 1. The summed E-state index contributed by atoms with van der Waals surface area (Å²) in [6, 6.07) is 18.5. The normalized spacial score (nSPS) is 10.8. The van der Waals surface area contributed by atoms with Crippen LogP contribution in [0.15, 0.2) is 79.3 Å². The van der Waals surface area contributed by atoms with E-state index in [0.29, 0.717) is 39.0 Å². The fourth-order valence-corrected chi connectivity index (χ4v) is 4.55. The van der Waals surface area contributed by atoms with E-state index >= 15 is 4.39 Å². The Bertz CT molecular complexity index is 1860. The van der Waals surface area contributed by atoms with E-state index in [1.165, 1.54) is 18.3 Å². The summed E-state index contributed by atoms with van der Waals surface area (Å²) in [6.07, 6.45) is 1.39. The second kappa shape index (κ2) is 10.3. The average molecular weight is 537 g/mol. The predicted octanol–water partition coefficient (Wildman–Crippen LogP) is 6.42. The number of aromatic nitrogens is 3. The van der Waals surface area contributed by atoms with Gasteiger partial charge >= 0.3 is 0 Å². The van der Waals surface area contributed by atoms with E-state index in [9.17, 15) is 14.4 Å². The van der Waals surface area contributed by atoms with E-state index in [2.05, 4.69) is 27.9 Å². The Kier molecular flexibility index (Phi) is 6.71. The lowest BCUT2D eigenvalue weighted by molar-refractivity contribution is -0.114. The second-order valence-corrected chi connectivity index (χ2v) is 8.98. The Morgan fingerprint density at radius 3 is 2.52 bits per heavy atom. The number of pyridine rings is 2. The number of aryl methyl sites for hydroxylation is 2. The van der Waals surface area contributed by atoms with Crippen LogP contribution in [-0.2, 0) is 11.8 Å². The lowest BCUT2D eigenvalue weighted by Gasteiger charge is -2.12. The number of carbonyl (C=O) groups excluding carboxylic acids is 1. The third-order valence-corrected chi connectivity index (χ3v) is 6.32. The SMILES string of the molecule is C=C(F)C(=O)Nc1ccc(-c2c(-c3ccc(Oc4cccc(C)n4)c(F)c3)c3c(N)ncc(C#N)c3n2C)cc1. The maximum absolute atomic E-state index is 15.4. The molecule has 40 heavy (non-hydrogen) atoms. The van der Waals surface area contributed by atoms with Crippen molar-refractivity contribution < 1.29 is 18.3 Å². The standard InChI is InChI=1S/C30H22F2N6O2/c1-16-5-4-6-24(36-16)40-23-12-9-19(13-22(23)32)25-26-28(20(14-33)15-35-29(26)34)38(3)27(25)18-7-10-21(11-8-18)37-30(39)17(2)31/h4-13,15H,2H2,1,3H3,(H2,34,35)(H,37,39). The minimum atomic E-state index is -1.11. The maximum atomic E-state index is 15.4. The van der Waals surface area contributed by atoms with Crippen molar-refractivity contribution >= 4 is 28.3 Å². The number of rotatable bonds is 6. The third kappa shape index (κ3) is 4.72. The first-order chi connectivity index (χ1) is 19.2. The summed E-state index contributed by atoms with van der Waals surface area (Å²) < 4.78 is 36.0. The number of hydrogen-bond donors (Lipinski definition) is 2. The highest BCUT2D eigenvalue weighted by Gasteiger charge is 2.24. The maximum Gasteiger partial charge on any atom is 0.283 e. The quantitative estimate of drug-likeness (QED) is 0.242. The summed E-state index contributed by atoms with van der Waals surface area (Å²) in [5.41, 5.74) is 10.5. The van der Waals surface area contributed by atoms with Gasteiger partial charge in [0.25, 0.3) is 5.91 Å². The monoisotopic (exact) mass is 536 g/mol. The fourth-order valence-electron chi connectivity index (χ4n) is 4.55. The molecule has 0 aliphatic rings. The zero-order valence-corrected chi connectivity index (χ0v) is 21.5. The van der Waals surface area contributed by atoms with E-state index in [-0.39, 0.29) is 23.0 Å². The van der Waals surface area contributed by atoms with Crippen molar-refractivity contribution in [3.63, 3.8) is 0 Å². The number of anilines is 2. The summed E-state index contributed by atoms with van der Waals surface area (Å²) in [5, 5.41) is 12.7. The molecule has 0 saturated heterocycles. The van der Waals surface area contributed by atoms with Crippen LogP contribution in [0.2, 0.25) is 0 Å². The van der Waals surface area contributed by atoms with Gasteiger partial charge in [-0.05, 0) is 48.4 Å². The number of ether oxygens (including phenoxy) is 1. The smallest absolute Gasteiger partial charge is 0.283 e. The Hall–Kier alpha value is -5.56. The number of halogens is 2. The average Bonchev–Trinajstić information content (AvgIpc) is 3.24. The van der Waals surface area contributed by atoms with Gasteiger partial charge < -0.3 is 20.4 Å². The minimum absolute atomic E-state index is 0.0120. The number of fused-ring (bicyclic) bond motifs is 1. The van der Waals surface area contributed by atoms with Crippen molar-refractivity contribution in [1.82, 2.24) is 14.5 Å². The van der Waals surface area contributed by atoms with E-state index in [4.69, 9.17) is 10.5 Å². The van der Waals surface area contributed by atoms with Crippen LogP contribution >= 0.6 is 0 Å². The van der Waals surface area contributed by atoms with Gasteiger partial charge in [-0.3, -0.25) is 4.79 Å². The van der Waals surface area contributed by atoms with Crippen LogP contribution < -0.4 is 15.8 Å². The molecule has 8 nitrogen and oxygen atoms in total. The van der Waals surface area contributed by atoms with E-state index in [1.807, 2.05) is 0 Å². The molecule has 0 unspecified atom stereocenters. The molecule has 3 heterocycles. The Balaban J connectivity index is 1.67. The molecule has 0 aliphatic carbocycles. The number of amides is 1. The summed E-state index contributed by atoms with van der Waals surface area (Å²) in [5.74, 6) is -2.28. The van der Waals surface area contributed by atoms with Crippen molar-refractivity contribution in [2.75, 3.05) is 11.1 Å². The van der Waals surface area contributed by atoms with E-state index in [1.54, 1.807) is 67.1 Å². The number of carbonyl (C=O) groups is 1. The van der Waals surface area contributed by atoms with Crippen molar-refractivity contribution in [2.24, 2.45) is 7.05 Å². The number of nitrogens with zero attached hydrogens (tertiary/aromatic N) is 4. The highest BCUT2D eigenvalue weighted by Crippen LogP contribution is 2.44. The van der Waals surface area contributed by atoms with Crippen molar-refractivity contribution in [1.29, 1.82) is 5.26 Å². The molecule has 10 heteroatoms. The van der Waals surface area contributed by atoms with Crippen LogP contribution in [0.5, 0.6) is 11.6 Å². The van der Waals surface area contributed by atoms with Crippen molar-refractivity contribution in [2.45, 2.75) is 6.92 Å². The van der Waals surface area contributed by atoms with Gasteiger partial charge in [0.1, 0.15) is 11.9 Å². The fraction of sp³-hybridized carbons (Fsp3) is 0.0667. The van der Waals surface area contributed by atoms with Crippen molar-refractivity contribution in [3.8, 4) is 40.1 Å². The molecule has 0 aliphatic heterocycles. The lowest BCUT2D eigenvalue weighted by atomic mass is 9.97. The minimum Gasteiger partial charge on any atom is -0.436 e. The van der Waals surface area contributed by atoms with Gasteiger partial charge in [-0.25, -0.2) is 18.7 Å². The molecule has 5 aromatic rings. The largest absolute Gasteiger partial charge is 0.436 e. The van der Waals surface area contributed by atoms with Gasteiger partial charge in [-0.1, -0.05) is 30.8 Å². The molecular formula is C30H22F2N6O2. The number of hydrogen-bond acceptors (Lipinski definition) is 6. The zero-order chi connectivity index (χ0) is 28.6. The Morgan fingerprint density at radius 2 is 1.88 bits per heavy atom. The molecule has 1 amide bonds. The molecule has 5 rings (SSSR count). The Labute approximate surface area is 228 Å². The highest BCUT2D eigenvalue weighted by molar-refractivity contribution is 6.11. The van der Waals surface area contributed by atoms with Crippen LogP contribution in [0.3, 0.4) is 0 Å². The molecule has 0 saturated carbocycles. The lowest BCUT2D eigenvalue weighted by Crippen LogP contribution is -2.10. The van der Waals surface area contributed by atoms with Crippen LogP contribution in [0, 0.1) is 24.1 Å². The molecule has 3 aromatic heterocycles. The summed E-state index contributed by atoms with van der Waals surface area (Å²) >= 11 is 0. The molecular weight excluding hydrogens is 514 g/mol. The third-order valence-electron chi connectivity index (χ3n) is 6.32.